The van der Waals surface area contributed by atoms with Gasteiger partial charge in [0.25, 0.3) is 0 Å². The van der Waals surface area contributed by atoms with Gasteiger partial charge in [-0.05, 0) is 39.3 Å². The number of hydrogen-bond acceptors (Lipinski definition) is 2. The van der Waals surface area contributed by atoms with Crippen molar-refractivity contribution in [2.45, 2.75) is 38.3 Å². The highest BCUT2D eigenvalue weighted by Gasteiger charge is 2.29. The Morgan fingerprint density at radius 2 is 2.27 bits per heavy atom. The van der Waals surface area contributed by atoms with Gasteiger partial charge in [0, 0.05) is 18.6 Å². The lowest BCUT2D eigenvalue weighted by molar-refractivity contribution is 0.202. The standard InChI is InChI=1S/C9H18N2/c1-8-3-2-6-11(8)9-4-5-10-7-9/h8-10H,2-7H2,1H3/t8-,9+/m1/s1. The quantitative estimate of drug-likeness (QED) is 0.602. The molecule has 0 bridgehead atoms. The Morgan fingerprint density at radius 3 is 2.82 bits per heavy atom. The van der Waals surface area contributed by atoms with E-state index >= 15 is 0 Å². The van der Waals surface area contributed by atoms with Crippen molar-refractivity contribution in [3.05, 3.63) is 0 Å². The monoisotopic (exact) mass is 154 g/mol. The molecule has 2 fully saturated rings. The van der Waals surface area contributed by atoms with Crippen molar-refractivity contribution in [1.29, 1.82) is 0 Å². The van der Waals surface area contributed by atoms with Gasteiger partial charge in [-0.2, -0.15) is 0 Å². The third kappa shape index (κ3) is 1.42. The molecule has 2 heterocycles. The lowest BCUT2D eigenvalue weighted by Gasteiger charge is -2.27. The zero-order chi connectivity index (χ0) is 7.68. The smallest absolute Gasteiger partial charge is 0.0235 e. The fourth-order valence-corrected chi connectivity index (χ4v) is 2.42. The molecule has 11 heavy (non-hydrogen) atoms. The fourth-order valence-electron chi connectivity index (χ4n) is 2.42. The average molecular weight is 154 g/mol. The lowest BCUT2D eigenvalue weighted by atomic mass is 10.2. The summed E-state index contributed by atoms with van der Waals surface area (Å²) in [5, 5.41) is 3.43. The lowest BCUT2D eigenvalue weighted by Crippen LogP contribution is -2.38. The van der Waals surface area contributed by atoms with Gasteiger partial charge in [-0.1, -0.05) is 0 Å². The first-order valence-corrected chi connectivity index (χ1v) is 4.84. The van der Waals surface area contributed by atoms with Gasteiger partial charge in [0.1, 0.15) is 0 Å². The van der Waals surface area contributed by atoms with E-state index in [-0.39, 0.29) is 0 Å². The van der Waals surface area contributed by atoms with Gasteiger partial charge in [0.05, 0.1) is 0 Å². The van der Waals surface area contributed by atoms with E-state index in [0.29, 0.717) is 0 Å². The van der Waals surface area contributed by atoms with Crippen molar-refractivity contribution in [1.82, 2.24) is 10.2 Å². The van der Waals surface area contributed by atoms with Crippen molar-refractivity contribution in [2.75, 3.05) is 19.6 Å². The first-order chi connectivity index (χ1) is 5.38. The predicted octanol–water partition coefficient (Wildman–Crippen LogP) is 0.833. The van der Waals surface area contributed by atoms with Gasteiger partial charge in [-0.15, -0.1) is 0 Å². The summed E-state index contributed by atoms with van der Waals surface area (Å²) < 4.78 is 0. The molecule has 0 aromatic rings. The van der Waals surface area contributed by atoms with Crippen molar-refractivity contribution in [3.63, 3.8) is 0 Å². The highest BCUT2D eigenvalue weighted by Crippen LogP contribution is 2.21. The Morgan fingerprint density at radius 1 is 1.36 bits per heavy atom. The number of likely N-dealkylation sites (tertiary alicyclic amines) is 1. The van der Waals surface area contributed by atoms with Gasteiger partial charge in [0.2, 0.25) is 0 Å². The van der Waals surface area contributed by atoms with Crippen LogP contribution in [0.1, 0.15) is 26.2 Å². The van der Waals surface area contributed by atoms with Crippen LogP contribution in [0.5, 0.6) is 0 Å². The normalized spacial score (nSPS) is 40.1. The molecule has 2 nitrogen and oxygen atoms in total. The second kappa shape index (κ2) is 3.11. The molecule has 2 saturated heterocycles. The van der Waals surface area contributed by atoms with Gasteiger partial charge in [-0.25, -0.2) is 0 Å². The zero-order valence-electron chi connectivity index (χ0n) is 7.34. The summed E-state index contributed by atoms with van der Waals surface area (Å²) in [5.74, 6) is 0. The highest BCUT2D eigenvalue weighted by atomic mass is 15.2. The van der Waals surface area contributed by atoms with Crippen LogP contribution < -0.4 is 5.32 Å². The summed E-state index contributed by atoms with van der Waals surface area (Å²) in [6.45, 7) is 6.16. The second-order valence-electron chi connectivity index (χ2n) is 3.88. The van der Waals surface area contributed by atoms with Crippen molar-refractivity contribution >= 4 is 0 Å². The largest absolute Gasteiger partial charge is 0.315 e. The minimum absolute atomic E-state index is 0.847. The summed E-state index contributed by atoms with van der Waals surface area (Å²) in [6, 6.07) is 1.70. The minimum Gasteiger partial charge on any atom is -0.315 e. The van der Waals surface area contributed by atoms with E-state index < -0.39 is 0 Å². The van der Waals surface area contributed by atoms with Crippen LogP contribution in [0.25, 0.3) is 0 Å². The molecular weight excluding hydrogens is 136 g/mol. The van der Waals surface area contributed by atoms with E-state index in [0.717, 1.165) is 12.1 Å². The summed E-state index contributed by atoms with van der Waals surface area (Å²) in [7, 11) is 0. The molecule has 0 amide bonds. The Kier molecular flexibility index (Phi) is 2.14. The van der Waals surface area contributed by atoms with Gasteiger partial charge in [0.15, 0.2) is 0 Å². The molecular formula is C9H18N2. The van der Waals surface area contributed by atoms with Crippen molar-refractivity contribution in [2.24, 2.45) is 0 Å². The average Bonchev–Trinajstić information content (AvgIpc) is 2.55. The maximum Gasteiger partial charge on any atom is 0.0235 e. The van der Waals surface area contributed by atoms with Gasteiger partial charge in [-0.3, -0.25) is 4.90 Å². The number of hydrogen-bond donors (Lipinski definition) is 1. The first-order valence-electron chi connectivity index (χ1n) is 4.84. The molecule has 2 aliphatic heterocycles. The van der Waals surface area contributed by atoms with Crippen LogP contribution in [0.15, 0.2) is 0 Å². The maximum absolute atomic E-state index is 3.43. The van der Waals surface area contributed by atoms with Crippen LogP contribution >= 0.6 is 0 Å². The molecule has 1 N–H and O–H groups in total. The summed E-state index contributed by atoms with van der Waals surface area (Å²) in [6.07, 6.45) is 4.19. The zero-order valence-corrected chi connectivity index (χ0v) is 7.34. The van der Waals surface area contributed by atoms with E-state index in [1.807, 2.05) is 0 Å². The molecule has 0 aromatic heterocycles. The molecule has 2 atom stereocenters. The molecule has 0 saturated carbocycles. The SMILES string of the molecule is C[C@@H]1CCCN1[C@H]1CCNC1. The number of nitrogens with zero attached hydrogens (tertiary/aromatic N) is 1. The van der Waals surface area contributed by atoms with Crippen LogP contribution in [0, 0.1) is 0 Å². The third-order valence-corrected chi connectivity index (χ3v) is 3.11. The third-order valence-electron chi connectivity index (χ3n) is 3.11. The molecule has 2 aliphatic rings. The Labute approximate surface area is 69.0 Å². The van der Waals surface area contributed by atoms with E-state index in [1.165, 1.54) is 38.9 Å². The number of rotatable bonds is 1. The highest BCUT2D eigenvalue weighted by molar-refractivity contribution is 4.86. The predicted molar refractivity (Wildman–Crippen MR) is 46.7 cm³/mol. The summed E-state index contributed by atoms with van der Waals surface area (Å²) in [4.78, 5) is 2.68. The topological polar surface area (TPSA) is 15.3 Å². The van der Waals surface area contributed by atoms with Crippen LogP contribution in [0.3, 0.4) is 0 Å². The molecule has 0 spiro atoms. The summed E-state index contributed by atoms with van der Waals surface area (Å²) >= 11 is 0. The van der Waals surface area contributed by atoms with Crippen LogP contribution in [0.2, 0.25) is 0 Å². The van der Waals surface area contributed by atoms with Gasteiger partial charge < -0.3 is 5.32 Å². The molecule has 0 radical (unpaired) electrons. The van der Waals surface area contributed by atoms with Crippen LogP contribution in [-0.4, -0.2) is 36.6 Å². The van der Waals surface area contributed by atoms with Crippen LogP contribution in [0.4, 0.5) is 0 Å². The Bertz CT molecular complexity index is 130. The molecule has 2 heteroatoms. The summed E-state index contributed by atoms with van der Waals surface area (Å²) in [5.41, 5.74) is 0. The van der Waals surface area contributed by atoms with Crippen molar-refractivity contribution in [3.8, 4) is 0 Å². The van der Waals surface area contributed by atoms with Gasteiger partial charge >= 0.3 is 0 Å². The van der Waals surface area contributed by atoms with Crippen molar-refractivity contribution < 1.29 is 0 Å². The molecule has 0 aliphatic carbocycles. The maximum atomic E-state index is 3.43. The Hall–Kier alpha value is -0.0800. The first kappa shape index (κ1) is 7.56. The Balaban J connectivity index is 1.92. The van der Waals surface area contributed by atoms with E-state index in [4.69, 9.17) is 0 Å². The van der Waals surface area contributed by atoms with E-state index in [2.05, 4.69) is 17.1 Å². The molecule has 2 rings (SSSR count). The molecule has 0 aromatic carbocycles. The van der Waals surface area contributed by atoms with E-state index in [1.54, 1.807) is 0 Å². The van der Waals surface area contributed by atoms with E-state index in [9.17, 15) is 0 Å². The molecule has 0 unspecified atom stereocenters. The molecule has 64 valence electrons. The van der Waals surface area contributed by atoms with Crippen LogP contribution in [-0.2, 0) is 0 Å². The second-order valence-corrected chi connectivity index (χ2v) is 3.88. The number of nitrogens with one attached hydrogen (secondary N) is 1. The minimum atomic E-state index is 0.847. The fraction of sp³-hybridized carbons (Fsp3) is 1.00.